The van der Waals surface area contributed by atoms with Crippen LogP contribution in [0.15, 0.2) is 18.2 Å². The average molecular weight is 318 g/mol. The molecule has 0 saturated heterocycles. The van der Waals surface area contributed by atoms with Gasteiger partial charge in [0.25, 0.3) is 17.7 Å². The molecule has 1 atom stereocenters. The molecule has 1 N–H and O–H groups in total. The van der Waals surface area contributed by atoms with E-state index < -0.39 is 17.9 Å². The Balaban J connectivity index is 2.34. The van der Waals surface area contributed by atoms with Gasteiger partial charge in [-0.1, -0.05) is 19.4 Å². The lowest BCUT2D eigenvalue weighted by atomic mass is 10.1. The molecule has 0 radical (unpaired) electrons. The van der Waals surface area contributed by atoms with Crippen molar-refractivity contribution in [1.82, 2.24) is 10.2 Å². The maximum atomic E-state index is 12.6. The van der Waals surface area contributed by atoms with E-state index in [1.807, 2.05) is 6.92 Å². The van der Waals surface area contributed by atoms with Gasteiger partial charge in [-0.3, -0.25) is 19.3 Å². The molecule has 1 heterocycles. The quantitative estimate of drug-likeness (QED) is 0.592. The summed E-state index contributed by atoms with van der Waals surface area (Å²) in [5.41, 5.74) is 0.289. The molecule has 0 bridgehead atoms. The molecule has 1 unspecified atom stereocenters. The second-order valence-corrected chi connectivity index (χ2v) is 5.11. The Hall–Kier alpha value is -2.70. The molecular weight excluding hydrogens is 300 g/mol. The monoisotopic (exact) mass is 318 g/mol. The number of imide groups is 1. The fraction of sp³-hybridized carbons (Fsp3) is 0.375. The lowest BCUT2D eigenvalue weighted by Crippen LogP contribution is -2.40. The van der Waals surface area contributed by atoms with Crippen LogP contribution in [0.3, 0.4) is 0 Å². The number of nitrogens with one attached hydrogen (secondary N) is 1. The zero-order valence-corrected chi connectivity index (χ0v) is 13.0. The Labute approximate surface area is 133 Å². The Morgan fingerprint density at radius 1 is 1.35 bits per heavy atom. The number of likely N-dealkylation sites (N-methyl/N-ethyl adjacent to an activating group) is 1. The van der Waals surface area contributed by atoms with E-state index in [0.29, 0.717) is 19.1 Å². The minimum Gasteiger partial charge on any atom is -0.483 e. The first-order valence-corrected chi connectivity index (χ1v) is 7.34. The van der Waals surface area contributed by atoms with Crippen LogP contribution in [-0.4, -0.2) is 48.6 Å². The summed E-state index contributed by atoms with van der Waals surface area (Å²) in [6.45, 7) is 1.60. The second kappa shape index (κ2) is 7.04. The van der Waals surface area contributed by atoms with E-state index >= 15 is 0 Å². The largest absolute Gasteiger partial charge is 0.483 e. The Morgan fingerprint density at radius 3 is 2.70 bits per heavy atom. The van der Waals surface area contributed by atoms with Crippen LogP contribution in [0, 0.1) is 0 Å². The molecule has 0 aromatic heterocycles. The maximum Gasteiger partial charge on any atom is 0.265 e. The Kier molecular flexibility index (Phi) is 5.10. The van der Waals surface area contributed by atoms with Gasteiger partial charge in [0.2, 0.25) is 0 Å². The van der Waals surface area contributed by atoms with Crippen LogP contribution in [0.1, 0.15) is 40.5 Å². The zero-order valence-electron chi connectivity index (χ0n) is 13.0. The molecule has 1 aromatic rings. The Bertz CT molecular complexity index is 656. The van der Waals surface area contributed by atoms with Crippen molar-refractivity contribution in [3.05, 3.63) is 29.3 Å². The molecule has 0 aliphatic carbocycles. The normalized spacial score (nSPS) is 14.4. The molecule has 1 aromatic carbocycles. The van der Waals surface area contributed by atoms with Crippen molar-refractivity contribution < 1.29 is 23.9 Å². The first kappa shape index (κ1) is 16.7. The van der Waals surface area contributed by atoms with Gasteiger partial charge in [-0.25, -0.2) is 0 Å². The smallest absolute Gasteiger partial charge is 0.265 e. The van der Waals surface area contributed by atoms with E-state index in [9.17, 15) is 19.2 Å². The third-order valence-electron chi connectivity index (χ3n) is 3.62. The number of carbonyl (C=O) groups excluding carboxylic acids is 4. The summed E-state index contributed by atoms with van der Waals surface area (Å²) in [7, 11) is 1.47. The van der Waals surface area contributed by atoms with E-state index in [2.05, 4.69) is 5.32 Å². The zero-order chi connectivity index (χ0) is 17.0. The number of hydrogen-bond donors (Lipinski definition) is 1. The topological polar surface area (TPSA) is 92.8 Å². The van der Waals surface area contributed by atoms with Crippen molar-refractivity contribution >= 4 is 24.0 Å². The van der Waals surface area contributed by atoms with E-state index in [0.717, 1.165) is 4.90 Å². The number of amides is 3. The number of nitrogens with zero attached hydrogens (tertiary/aromatic N) is 1. The van der Waals surface area contributed by atoms with Gasteiger partial charge in [-0.05, 0) is 18.6 Å². The molecule has 7 nitrogen and oxygen atoms in total. The molecule has 0 spiro atoms. The van der Waals surface area contributed by atoms with Gasteiger partial charge < -0.3 is 14.8 Å². The van der Waals surface area contributed by atoms with Crippen LogP contribution in [0.25, 0.3) is 0 Å². The standard InChI is InChI=1S/C16H18N2O5/c1-3-5-10(8-19)18-15(21)11-6-4-7-12(14(11)16(18)22)23-9-13(20)17-2/h4,6-8,10H,3,5,9H2,1-2H3,(H,17,20). The van der Waals surface area contributed by atoms with Crippen LogP contribution in [0.4, 0.5) is 0 Å². The van der Waals surface area contributed by atoms with Crippen molar-refractivity contribution in [3.63, 3.8) is 0 Å². The van der Waals surface area contributed by atoms with E-state index in [-0.39, 0.29) is 29.4 Å². The van der Waals surface area contributed by atoms with Gasteiger partial charge in [0.15, 0.2) is 6.61 Å². The number of carbonyl (C=O) groups is 4. The van der Waals surface area contributed by atoms with Crippen molar-refractivity contribution in [1.29, 1.82) is 0 Å². The van der Waals surface area contributed by atoms with Gasteiger partial charge >= 0.3 is 0 Å². The first-order chi connectivity index (χ1) is 11.0. The van der Waals surface area contributed by atoms with E-state index in [1.54, 1.807) is 6.07 Å². The lowest BCUT2D eigenvalue weighted by molar-refractivity contribution is -0.122. The predicted octanol–water partition coefficient (Wildman–Crippen LogP) is 0.775. The Morgan fingerprint density at radius 2 is 2.09 bits per heavy atom. The van der Waals surface area contributed by atoms with Gasteiger partial charge in [0, 0.05) is 7.05 Å². The van der Waals surface area contributed by atoms with Gasteiger partial charge in [0.05, 0.1) is 17.2 Å². The van der Waals surface area contributed by atoms with Gasteiger partial charge in [-0.2, -0.15) is 0 Å². The molecule has 3 amide bonds. The number of benzene rings is 1. The fourth-order valence-electron chi connectivity index (χ4n) is 2.46. The minimum atomic E-state index is -0.792. The van der Waals surface area contributed by atoms with Crippen molar-refractivity contribution in [2.24, 2.45) is 0 Å². The van der Waals surface area contributed by atoms with Crippen LogP contribution >= 0.6 is 0 Å². The summed E-state index contributed by atoms with van der Waals surface area (Å²) >= 11 is 0. The third kappa shape index (κ3) is 3.08. The number of aldehydes is 1. The number of fused-ring (bicyclic) bond motifs is 1. The highest BCUT2D eigenvalue weighted by Gasteiger charge is 2.41. The summed E-state index contributed by atoms with van der Waals surface area (Å²) in [5, 5.41) is 2.40. The van der Waals surface area contributed by atoms with Crippen molar-refractivity contribution in [3.8, 4) is 5.75 Å². The van der Waals surface area contributed by atoms with Crippen LogP contribution in [0.2, 0.25) is 0 Å². The van der Waals surface area contributed by atoms with Crippen molar-refractivity contribution in [2.45, 2.75) is 25.8 Å². The van der Waals surface area contributed by atoms with E-state index in [4.69, 9.17) is 4.74 Å². The summed E-state index contributed by atoms with van der Waals surface area (Å²) in [6, 6.07) is 3.81. The predicted molar refractivity (Wildman–Crippen MR) is 81.3 cm³/mol. The molecule has 0 fully saturated rings. The third-order valence-corrected chi connectivity index (χ3v) is 3.62. The first-order valence-electron chi connectivity index (χ1n) is 7.34. The van der Waals surface area contributed by atoms with Crippen LogP contribution in [0.5, 0.6) is 5.75 Å². The molecule has 7 heteroatoms. The molecule has 1 aliphatic rings. The highest BCUT2D eigenvalue weighted by molar-refractivity contribution is 6.23. The fourth-order valence-corrected chi connectivity index (χ4v) is 2.46. The van der Waals surface area contributed by atoms with Crippen LogP contribution in [-0.2, 0) is 9.59 Å². The summed E-state index contributed by atoms with van der Waals surface area (Å²) < 4.78 is 5.34. The average Bonchev–Trinajstić information content (AvgIpc) is 2.82. The highest BCUT2D eigenvalue weighted by atomic mass is 16.5. The molecule has 1 aliphatic heterocycles. The molecule has 122 valence electrons. The molecule has 23 heavy (non-hydrogen) atoms. The number of hydrogen-bond acceptors (Lipinski definition) is 5. The highest BCUT2D eigenvalue weighted by Crippen LogP contribution is 2.32. The van der Waals surface area contributed by atoms with Gasteiger partial charge in [-0.15, -0.1) is 0 Å². The number of ether oxygens (including phenoxy) is 1. The van der Waals surface area contributed by atoms with Crippen molar-refractivity contribution in [2.75, 3.05) is 13.7 Å². The summed E-state index contributed by atoms with van der Waals surface area (Å²) in [5.74, 6) is -1.27. The molecule has 2 rings (SSSR count). The number of rotatable bonds is 7. The molecular formula is C16H18N2O5. The SMILES string of the molecule is CCCC(C=O)N1C(=O)c2cccc(OCC(=O)NC)c2C1=O. The second-order valence-electron chi connectivity index (χ2n) is 5.11. The van der Waals surface area contributed by atoms with E-state index in [1.165, 1.54) is 19.2 Å². The van der Waals surface area contributed by atoms with Crippen LogP contribution < -0.4 is 10.1 Å². The molecule has 0 saturated carbocycles. The summed E-state index contributed by atoms with van der Waals surface area (Å²) in [4.78, 5) is 48.5. The summed E-state index contributed by atoms with van der Waals surface area (Å²) in [6.07, 6.45) is 1.68. The lowest BCUT2D eigenvalue weighted by Gasteiger charge is -2.20. The van der Waals surface area contributed by atoms with Gasteiger partial charge in [0.1, 0.15) is 12.0 Å². The minimum absolute atomic E-state index is 0.101. The maximum absolute atomic E-state index is 12.6.